The first kappa shape index (κ1) is 20.0. The molecule has 0 saturated heterocycles. The molecule has 0 radical (unpaired) electrons. The Balaban J connectivity index is 1.28. The van der Waals surface area contributed by atoms with Crippen LogP contribution in [0.2, 0.25) is 0 Å². The molecule has 1 unspecified atom stereocenters. The second-order valence-electron chi connectivity index (χ2n) is 8.00. The summed E-state index contributed by atoms with van der Waals surface area (Å²) in [6.07, 6.45) is 8.17. The predicted molar refractivity (Wildman–Crippen MR) is 118 cm³/mol. The normalized spacial score (nSPS) is 19.4. The summed E-state index contributed by atoms with van der Waals surface area (Å²) in [4.78, 5) is 20.8. The molecule has 0 aromatic heterocycles. The molecule has 7 nitrogen and oxygen atoms in total. The van der Waals surface area contributed by atoms with Crippen LogP contribution < -0.4 is 21.3 Å². The van der Waals surface area contributed by atoms with Gasteiger partial charge in [-0.2, -0.15) is 0 Å². The van der Waals surface area contributed by atoms with Gasteiger partial charge in [-0.15, -0.1) is 0 Å². The topological polar surface area (TPSA) is 86.0 Å². The second kappa shape index (κ2) is 7.99. The molecule has 1 atom stereocenters. The molecule has 3 aliphatic rings. The molecule has 2 aliphatic heterocycles. The fourth-order valence-electron chi connectivity index (χ4n) is 4.00. The highest BCUT2D eigenvalue weighted by Gasteiger charge is 2.44. The molecule has 1 saturated carbocycles. The predicted octanol–water partition coefficient (Wildman–Crippen LogP) is 3.83. The largest absolute Gasteiger partial charge is 0.382 e. The van der Waals surface area contributed by atoms with E-state index in [1.54, 1.807) is 6.20 Å². The van der Waals surface area contributed by atoms with Crippen molar-refractivity contribution in [2.24, 2.45) is 16.6 Å². The van der Waals surface area contributed by atoms with E-state index in [2.05, 4.69) is 25.4 Å². The van der Waals surface area contributed by atoms with Crippen LogP contribution in [0.5, 0.6) is 0 Å². The Hall–Kier alpha value is -3.88. The third-order valence-corrected chi connectivity index (χ3v) is 5.70. The molecule has 164 valence electrons. The molecular weight excluding hydrogens is 414 g/mol. The van der Waals surface area contributed by atoms with Crippen LogP contribution >= 0.6 is 0 Å². The molecule has 1 aliphatic carbocycles. The van der Waals surface area contributed by atoms with Crippen LogP contribution in [0.15, 0.2) is 71.8 Å². The van der Waals surface area contributed by atoms with E-state index in [0.717, 1.165) is 41.9 Å². The van der Waals surface area contributed by atoms with Crippen molar-refractivity contribution in [3.63, 3.8) is 0 Å². The Labute approximate surface area is 183 Å². The molecular formula is C23H22F2N6O. The van der Waals surface area contributed by atoms with Crippen molar-refractivity contribution in [3.8, 4) is 0 Å². The van der Waals surface area contributed by atoms with Crippen LogP contribution in [-0.2, 0) is 6.54 Å². The summed E-state index contributed by atoms with van der Waals surface area (Å²) in [5, 5.41) is 5.24. The van der Waals surface area contributed by atoms with Gasteiger partial charge < -0.3 is 26.2 Å². The van der Waals surface area contributed by atoms with E-state index in [0.29, 0.717) is 11.8 Å². The molecule has 2 amide bonds. The Kier molecular flexibility index (Phi) is 5.01. The first-order valence-corrected chi connectivity index (χ1v) is 10.4. The van der Waals surface area contributed by atoms with Crippen LogP contribution in [0.3, 0.4) is 0 Å². The summed E-state index contributed by atoms with van der Waals surface area (Å²) in [6.45, 7) is 0.273. The summed E-state index contributed by atoms with van der Waals surface area (Å²) >= 11 is 0. The van der Waals surface area contributed by atoms with E-state index in [1.807, 2.05) is 36.7 Å². The number of amides is 2. The second-order valence-corrected chi connectivity index (χ2v) is 8.00. The maximum atomic E-state index is 13.3. The molecule has 5 rings (SSSR count). The number of hydrogen-bond donors (Lipinski definition) is 3. The fraction of sp³-hybridized carbons (Fsp3) is 0.217. The van der Waals surface area contributed by atoms with Crippen molar-refractivity contribution in [2.45, 2.75) is 25.6 Å². The first-order chi connectivity index (χ1) is 15.5. The van der Waals surface area contributed by atoms with Gasteiger partial charge in [-0.1, -0.05) is 12.1 Å². The number of halogens is 2. The zero-order chi connectivity index (χ0) is 22.2. The van der Waals surface area contributed by atoms with Gasteiger partial charge in [-0.25, -0.2) is 18.6 Å². The monoisotopic (exact) mass is 436 g/mol. The molecule has 1 fully saturated rings. The SMILES string of the molecule is NC1=NC=CN2C1=CN(c1cccc(CNC(=O)Nc3ccc(F)c(F)c3)c1)C2C1CC1. The fourth-order valence-corrected chi connectivity index (χ4v) is 4.00. The minimum Gasteiger partial charge on any atom is -0.382 e. The molecule has 2 aromatic rings. The van der Waals surface area contributed by atoms with E-state index in [9.17, 15) is 13.6 Å². The lowest BCUT2D eigenvalue weighted by Gasteiger charge is -2.33. The lowest BCUT2D eigenvalue weighted by atomic mass is 10.1. The average molecular weight is 436 g/mol. The minimum atomic E-state index is -1.02. The van der Waals surface area contributed by atoms with Gasteiger partial charge in [0.05, 0.1) is 0 Å². The number of fused-ring (bicyclic) bond motifs is 1. The summed E-state index contributed by atoms with van der Waals surface area (Å²) in [5.74, 6) is -0.943. The number of benzene rings is 2. The molecule has 0 bridgehead atoms. The number of anilines is 2. The van der Waals surface area contributed by atoms with Gasteiger partial charge in [-0.3, -0.25) is 0 Å². The van der Waals surface area contributed by atoms with E-state index in [4.69, 9.17) is 5.73 Å². The molecule has 9 heteroatoms. The summed E-state index contributed by atoms with van der Waals surface area (Å²) in [7, 11) is 0. The number of nitrogens with one attached hydrogen (secondary N) is 2. The average Bonchev–Trinajstić information content (AvgIpc) is 3.54. The smallest absolute Gasteiger partial charge is 0.319 e. The van der Waals surface area contributed by atoms with Crippen molar-refractivity contribution in [2.75, 3.05) is 10.2 Å². The van der Waals surface area contributed by atoms with Gasteiger partial charge >= 0.3 is 6.03 Å². The maximum Gasteiger partial charge on any atom is 0.319 e. The molecule has 2 aromatic carbocycles. The van der Waals surface area contributed by atoms with Crippen molar-refractivity contribution in [3.05, 3.63) is 84.0 Å². The number of amidine groups is 1. The lowest BCUT2D eigenvalue weighted by Crippen LogP contribution is -2.41. The zero-order valence-electron chi connectivity index (χ0n) is 17.1. The van der Waals surface area contributed by atoms with Gasteiger partial charge in [-0.05, 0) is 48.6 Å². The molecule has 0 spiro atoms. The van der Waals surface area contributed by atoms with Crippen molar-refractivity contribution in [1.29, 1.82) is 0 Å². The van der Waals surface area contributed by atoms with Crippen LogP contribution in [0.25, 0.3) is 0 Å². The molecule has 2 heterocycles. The number of carbonyl (C=O) groups is 1. The number of rotatable bonds is 5. The number of hydrogen-bond acceptors (Lipinski definition) is 5. The number of nitrogens with zero attached hydrogens (tertiary/aromatic N) is 3. The number of nitrogens with two attached hydrogens (primary N) is 1. The van der Waals surface area contributed by atoms with Gasteiger partial charge in [0.15, 0.2) is 11.6 Å². The van der Waals surface area contributed by atoms with Crippen molar-refractivity contribution in [1.82, 2.24) is 10.2 Å². The third kappa shape index (κ3) is 3.89. The van der Waals surface area contributed by atoms with Crippen molar-refractivity contribution >= 4 is 23.2 Å². The summed E-state index contributed by atoms with van der Waals surface area (Å²) in [5.41, 5.74) is 9.05. The zero-order valence-corrected chi connectivity index (χ0v) is 17.1. The summed E-state index contributed by atoms with van der Waals surface area (Å²) < 4.78 is 26.4. The molecule has 32 heavy (non-hydrogen) atoms. The highest BCUT2D eigenvalue weighted by molar-refractivity contribution is 5.99. The Morgan fingerprint density at radius 1 is 1.12 bits per heavy atom. The maximum absolute atomic E-state index is 13.3. The Morgan fingerprint density at radius 3 is 2.75 bits per heavy atom. The standard InChI is InChI=1S/C23H22F2N6O/c24-18-7-6-16(11-19(18)25)29-23(32)28-12-14-2-1-3-17(10-14)31-13-20-21(26)27-8-9-30(20)22(31)15-4-5-15/h1-3,6-11,13,15,22H,4-5,12H2,(H2,26,27)(H2,28,29,32). The lowest BCUT2D eigenvalue weighted by molar-refractivity contribution is 0.251. The van der Waals surface area contributed by atoms with E-state index in [1.165, 1.54) is 6.07 Å². The highest BCUT2D eigenvalue weighted by atomic mass is 19.2. The van der Waals surface area contributed by atoms with Gasteiger partial charge in [0.1, 0.15) is 17.7 Å². The highest BCUT2D eigenvalue weighted by Crippen LogP contribution is 2.44. The quantitative estimate of drug-likeness (QED) is 0.665. The third-order valence-electron chi connectivity index (χ3n) is 5.70. The number of aliphatic imine (C=N–C) groups is 1. The first-order valence-electron chi connectivity index (χ1n) is 10.4. The van der Waals surface area contributed by atoms with Crippen LogP contribution in [0.1, 0.15) is 18.4 Å². The van der Waals surface area contributed by atoms with Crippen LogP contribution in [0.4, 0.5) is 25.0 Å². The van der Waals surface area contributed by atoms with E-state index in [-0.39, 0.29) is 18.4 Å². The summed E-state index contributed by atoms with van der Waals surface area (Å²) in [6, 6.07) is 10.6. The van der Waals surface area contributed by atoms with E-state index < -0.39 is 17.7 Å². The van der Waals surface area contributed by atoms with E-state index >= 15 is 0 Å². The minimum absolute atomic E-state index is 0.148. The molecule has 4 N–H and O–H groups in total. The van der Waals surface area contributed by atoms with Gasteiger partial charge in [0, 0.05) is 42.6 Å². The van der Waals surface area contributed by atoms with Crippen molar-refractivity contribution < 1.29 is 13.6 Å². The number of carbonyl (C=O) groups excluding carboxylic acids is 1. The Morgan fingerprint density at radius 2 is 1.97 bits per heavy atom. The number of urea groups is 1. The van der Waals surface area contributed by atoms with Gasteiger partial charge in [0.2, 0.25) is 0 Å². The van der Waals surface area contributed by atoms with Crippen LogP contribution in [0, 0.1) is 17.6 Å². The van der Waals surface area contributed by atoms with Crippen LogP contribution in [-0.4, -0.2) is 22.9 Å². The Bertz CT molecular complexity index is 1160. The van der Waals surface area contributed by atoms with Gasteiger partial charge in [0.25, 0.3) is 0 Å².